The Morgan fingerprint density at radius 3 is 2.53 bits per heavy atom. The first-order valence-corrected chi connectivity index (χ1v) is 7.08. The molecule has 0 amide bonds. The third kappa shape index (κ3) is 4.56. The number of carbonyl (C=O) groups is 1. The minimum Gasteiger partial charge on any atom is -0.469 e. The summed E-state index contributed by atoms with van der Waals surface area (Å²) in [4.78, 5) is 10.9. The molecule has 1 rings (SSSR count). The molecule has 4 nitrogen and oxygen atoms in total. The molecule has 1 aromatic carbocycles. The monoisotopic (exact) mass is 256 g/mol. The fourth-order valence-corrected chi connectivity index (χ4v) is 2.84. The molecule has 0 aromatic heterocycles. The Labute approximate surface area is 102 Å². The highest BCUT2D eigenvalue weighted by atomic mass is 32.2. The van der Waals surface area contributed by atoms with Crippen molar-refractivity contribution in [1.29, 1.82) is 0 Å². The molecule has 0 radical (unpaired) electrons. The van der Waals surface area contributed by atoms with E-state index < -0.39 is 15.8 Å². The van der Waals surface area contributed by atoms with Crippen LogP contribution in [-0.4, -0.2) is 27.2 Å². The molecule has 0 atom stereocenters. The molecule has 0 heterocycles. The van der Waals surface area contributed by atoms with Crippen LogP contribution >= 0.6 is 0 Å². The summed E-state index contributed by atoms with van der Waals surface area (Å²) >= 11 is 0. The first-order chi connectivity index (χ1) is 7.94. The third-order valence-corrected chi connectivity index (χ3v) is 4.06. The number of aryl methyl sites for hydroxylation is 1. The van der Waals surface area contributed by atoms with Crippen molar-refractivity contribution in [3.05, 3.63) is 35.4 Å². The topological polar surface area (TPSA) is 60.4 Å². The van der Waals surface area contributed by atoms with E-state index in [0.717, 1.165) is 11.1 Å². The van der Waals surface area contributed by atoms with Gasteiger partial charge in [-0.1, -0.05) is 24.3 Å². The number of benzene rings is 1. The van der Waals surface area contributed by atoms with Gasteiger partial charge in [0.25, 0.3) is 0 Å². The average Bonchev–Trinajstić information content (AvgIpc) is 2.29. The number of rotatable bonds is 5. The lowest BCUT2D eigenvalue weighted by molar-refractivity contribution is -0.140. The van der Waals surface area contributed by atoms with E-state index in [-0.39, 0.29) is 17.9 Å². The van der Waals surface area contributed by atoms with Crippen LogP contribution in [0.1, 0.15) is 17.5 Å². The van der Waals surface area contributed by atoms with Gasteiger partial charge < -0.3 is 4.74 Å². The summed E-state index contributed by atoms with van der Waals surface area (Å²) in [7, 11) is -2.02. The predicted molar refractivity (Wildman–Crippen MR) is 65.3 cm³/mol. The van der Waals surface area contributed by atoms with E-state index >= 15 is 0 Å². The zero-order chi connectivity index (χ0) is 12.9. The van der Waals surface area contributed by atoms with Crippen molar-refractivity contribution in [3.8, 4) is 0 Å². The summed E-state index contributed by atoms with van der Waals surface area (Å²) in [5, 5.41) is 0. The van der Waals surface area contributed by atoms with Gasteiger partial charge in [-0.05, 0) is 18.1 Å². The van der Waals surface area contributed by atoms with E-state index in [4.69, 9.17) is 0 Å². The van der Waals surface area contributed by atoms with Crippen molar-refractivity contribution < 1.29 is 17.9 Å². The van der Waals surface area contributed by atoms with E-state index in [9.17, 15) is 13.2 Å². The second-order valence-corrected chi connectivity index (χ2v) is 6.03. The second kappa shape index (κ2) is 5.82. The molecule has 0 spiro atoms. The Balaban J connectivity index is 2.67. The van der Waals surface area contributed by atoms with E-state index in [1.54, 1.807) is 12.1 Å². The fourth-order valence-electron chi connectivity index (χ4n) is 1.42. The van der Waals surface area contributed by atoms with Gasteiger partial charge in [0.05, 0.1) is 25.0 Å². The van der Waals surface area contributed by atoms with Crippen molar-refractivity contribution in [3.63, 3.8) is 0 Å². The summed E-state index contributed by atoms with van der Waals surface area (Å²) in [6.45, 7) is 1.87. The Kier molecular flexibility index (Phi) is 4.69. The predicted octanol–water partition coefficient (Wildman–Crippen LogP) is 1.47. The maximum Gasteiger partial charge on any atom is 0.306 e. The zero-order valence-corrected chi connectivity index (χ0v) is 10.8. The molecule has 0 aliphatic rings. The molecule has 0 fully saturated rings. The lowest BCUT2D eigenvalue weighted by Crippen LogP contribution is -2.14. The molecule has 0 N–H and O–H groups in total. The number of esters is 1. The third-order valence-electron chi connectivity index (χ3n) is 2.48. The van der Waals surface area contributed by atoms with Crippen molar-refractivity contribution >= 4 is 15.8 Å². The van der Waals surface area contributed by atoms with Gasteiger partial charge >= 0.3 is 5.97 Å². The Hall–Kier alpha value is -1.36. The molecule has 0 bridgehead atoms. The molecule has 0 saturated heterocycles. The van der Waals surface area contributed by atoms with Gasteiger partial charge in [0.15, 0.2) is 9.84 Å². The quantitative estimate of drug-likeness (QED) is 0.749. The Morgan fingerprint density at radius 2 is 1.94 bits per heavy atom. The van der Waals surface area contributed by atoms with Crippen molar-refractivity contribution in [2.75, 3.05) is 12.9 Å². The van der Waals surface area contributed by atoms with Crippen LogP contribution in [0.5, 0.6) is 0 Å². The number of hydrogen-bond acceptors (Lipinski definition) is 4. The van der Waals surface area contributed by atoms with Crippen LogP contribution in [0.2, 0.25) is 0 Å². The molecule has 0 aliphatic carbocycles. The van der Waals surface area contributed by atoms with Crippen molar-refractivity contribution in [2.24, 2.45) is 0 Å². The van der Waals surface area contributed by atoms with Crippen molar-refractivity contribution in [1.82, 2.24) is 0 Å². The molecule has 1 aromatic rings. The maximum absolute atomic E-state index is 11.8. The lowest BCUT2D eigenvalue weighted by Gasteiger charge is -2.06. The standard InChI is InChI=1S/C12H16O4S/c1-10-5-3-4-6-11(10)9-17(14,15)8-7-12(13)16-2/h3-6H,7-9H2,1-2H3. The van der Waals surface area contributed by atoms with Gasteiger partial charge in [-0.2, -0.15) is 0 Å². The van der Waals surface area contributed by atoms with Crippen LogP contribution in [0.25, 0.3) is 0 Å². The maximum atomic E-state index is 11.8. The van der Waals surface area contributed by atoms with Crippen LogP contribution < -0.4 is 0 Å². The smallest absolute Gasteiger partial charge is 0.306 e. The van der Waals surface area contributed by atoms with Gasteiger partial charge in [0.2, 0.25) is 0 Å². The largest absolute Gasteiger partial charge is 0.469 e. The summed E-state index contributed by atoms with van der Waals surface area (Å²) in [5.41, 5.74) is 1.71. The van der Waals surface area contributed by atoms with Gasteiger partial charge in [-0.15, -0.1) is 0 Å². The van der Waals surface area contributed by atoms with E-state index in [1.807, 2.05) is 19.1 Å². The SMILES string of the molecule is COC(=O)CCS(=O)(=O)Cc1ccccc1C. The zero-order valence-electron chi connectivity index (χ0n) is 9.97. The number of ether oxygens (including phenoxy) is 1. The highest BCUT2D eigenvalue weighted by Crippen LogP contribution is 2.12. The minimum atomic E-state index is -3.26. The minimum absolute atomic E-state index is 0.0311. The van der Waals surface area contributed by atoms with Crippen molar-refractivity contribution in [2.45, 2.75) is 19.1 Å². The summed E-state index contributed by atoms with van der Waals surface area (Å²) in [5.74, 6) is -0.705. The molecular weight excluding hydrogens is 240 g/mol. The number of hydrogen-bond donors (Lipinski definition) is 0. The summed E-state index contributed by atoms with van der Waals surface area (Å²) < 4.78 is 27.9. The number of sulfone groups is 1. The Morgan fingerprint density at radius 1 is 1.29 bits per heavy atom. The normalized spacial score (nSPS) is 11.2. The highest BCUT2D eigenvalue weighted by molar-refractivity contribution is 7.90. The van der Waals surface area contributed by atoms with Gasteiger partial charge in [0, 0.05) is 0 Å². The second-order valence-electron chi connectivity index (χ2n) is 3.84. The molecule has 0 unspecified atom stereocenters. The summed E-state index contributed by atoms with van der Waals surface area (Å²) in [6.07, 6.45) is -0.0925. The Bertz CT molecular complexity index is 491. The average molecular weight is 256 g/mol. The van der Waals surface area contributed by atoms with Gasteiger partial charge in [-0.3, -0.25) is 4.79 Å². The molecule has 17 heavy (non-hydrogen) atoms. The van der Waals surface area contributed by atoms with Crippen LogP contribution in [-0.2, 0) is 25.1 Å². The van der Waals surface area contributed by atoms with E-state index in [2.05, 4.69) is 4.74 Å². The van der Waals surface area contributed by atoms with Crippen LogP contribution in [0.15, 0.2) is 24.3 Å². The first kappa shape index (κ1) is 13.7. The van der Waals surface area contributed by atoms with Crippen LogP contribution in [0.4, 0.5) is 0 Å². The number of carbonyl (C=O) groups excluding carboxylic acids is 1. The lowest BCUT2D eigenvalue weighted by atomic mass is 10.1. The van der Waals surface area contributed by atoms with E-state index in [0.29, 0.717) is 0 Å². The van der Waals surface area contributed by atoms with Crippen LogP contribution in [0, 0.1) is 6.92 Å². The van der Waals surface area contributed by atoms with Gasteiger partial charge in [-0.25, -0.2) is 8.42 Å². The molecule has 5 heteroatoms. The molecule has 0 saturated carbocycles. The molecular formula is C12H16O4S. The van der Waals surface area contributed by atoms with E-state index in [1.165, 1.54) is 7.11 Å². The molecule has 94 valence electrons. The van der Waals surface area contributed by atoms with Gasteiger partial charge in [0.1, 0.15) is 0 Å². The van der Waals surface area contributed by atoms with Crippen LogP contribution in [0.3, 0.4) is 0 Å². The highest BCUT2D eigenvalue weighted by Gasteiger charge is 2.15. The fraction of sp³-hybridized carbons (Fsp3) is 0.417. The summed E-state index contributed by atoms with van der Waals surface area (Å²) in [6, 6.07) is 7.31. The molecule has 0 aliphatic heterocycles. The number of methoxy groups -OCH3 is 1. The first-order valence-electron chi connectivity index (χ1n) is 5.26.